The zero-order chi connectivity index (χ0) is 18.7. The largest absolute Gasteiger partial charge is 0.493 e. The maximum Gasteiger partial charge on any atom is 0.339 e. The Morgan fingerprint density at radius 1 is 1.08 bits per heavy atom. The predicted molar refractivity (Wildman–Crippen MR) is 95.9 cm³/mol. The van der Waals surface area contributed by atoms with Crippen molar-refractivity contribution in [2.24, 2.45) is 0 Å². The zero-order valence-corrected chi connectivity index (χ0v) is 15.3. The summed E-state index contributed by atoms with van der Waals surface area (Å²) < 4.78 is 35.1. The predicted octanol–water partition coefficient (Wildman–Crippen LogP) is 2.36. The molecular formula is C17H15NO6S2. The van der Waals surface area contributed by atoms with Gasteiger partial charge in [0.25, 0.3) is 5.24 Å². The van der Waals surface area contributed by atoms with Gasteiger partial charge in [0, 0.05) is 0 Å². The number of benzene rings is 2. The van der Waals surface area contributed by atoms with Crippen molar-refractivity contribution in [3.63, 3.8) is 0 Å². The second kappa shape index (κ2) is 7.38. The van der Waals surface area contributed by atoms with Crippen LogP contribution in [0.4, 0.5) is 4.79 Å². The molecule has 2 aromatic carbocycles. The Bertz CT molecular complexity index is 943. The SMILES string of the molecule is COc1cc(CC2SC(=O)NC2=O)ccc1OS(=O)(=O)c1ccccc1. The summed E-state index contributed by atoms with van der Waals surface area (Å²) in [7, 11) is -2.60. The molecule has 2 amide bonds. The molecule has 3 rings (SSSR count). The summed E-state index contributed by atoms with van der Waals surface area (Å²) in [4.78, 5) is 22.9. The average Bonchev–Trinajstić information content (AvgIpc) is 2.94. The van der Waals surface area contributed by atoms with Crippen molar-refractivity contribution in [2.75, 3.05) is 7.11 Å². The minimum atomic E-state index is -3.99. The molecule has 7 nitrogen and oxygen atoms in total. The summed E-state index contributed by atoms with van der Waals surface area (Å²) in [5, 5.41) is 1.33. The molecule has 1 aliphatic heterocycles. The average molecular weight is 393 g/mol. The number of ether oxygens (including phenoxy) is 1. The van der Waals surface area contributed by atoms with Crippen LogP contribution in [-0.4, -0.2) is 31.9 Å². The fraction of sp³-hybridized carbons (Fsp3) is 0.176. The number of thioether (sulfide) groups is 1. The molecule has 1 aliphatic rings. The van der Waals surface area contributed by atoms with E-state index in [2.05, 4.69) is 5.32 Å². The van der Waals surface area contributed by atoms with Gasteiger partial charge in [-0.05, 0) is 36.2 Å². The lowest BCUT2D eigenvalue weighted by atomic mass is 10.1. The van der Waals surface area contributed by atoms with E-state index in [9.17, 15) is 18.0 Å². The summed E-state index contributed by atoms with van der Waals surface area (Å²) in [5.74, 6) is -0.0811. The summed E-state index contributed by atoms with van der Waals surface area (Å²) in [5.41, 5.74) is 0.716. The molecular weight excluding hydrogens is 378 g/mol. The van der Waals surface area contributed by atoms with Gasteiger partial charge in [-0.1, -0.05) is 36.0 Å². The molecule has 1 unspecified atom stereocenters. The molecule has 0 bridgehead atoms. The van der Waals surface area contributed by atoms with E-state index in [0.29, 0.717) is 12.0 Å². The van der Waals surface area contributed by atoms with E-state index in [1.165, 1.54) is 25.3 Å². The normalized spacial score (nSPS) is 17.0. The van der Waals surface area contributed by atoms with Gasteiger partial charge in [0.2, 0.25) is 5.91 Å². The van der Waals surface area contributed by atoms with E-state index in [0.717, 1.165) is 11.8 Å². The zero-order valence-electron chi connectivity index (χ0n) is 13.7. The van der Waals surface area contributed by atoms with Crippen LogP contribution in [0.1, 0.15) is 5.56 Å². The van der Waals surface area contributed by atoms with Gasteiger partial charge >= 0.3 is 10.1 Å². The highest BCUT2D eigenvalue weighted by molar-refractivity contribution is 8.15. The molecule has 1 fully saturated rings. The third-order valence-electron chi connectivity index (χ3n) is 3.65. The number of hydrogen-bond acceptors (Lipinski definition) is 7. The Labute approximate surface area is 154 Å². The molecule has 1 heterocycles. The fourth-order valence-electron chi connectivity index (χ4n) is 2.40. The molecule has 2 aromatic rings. The molecule has 0 saturated carbocycles. The molecule has 0 aromatic heterocycles. The molecule has 1 atom stereocenters. The van der Waals surface area contributed by atoms with Crippen LogP contribution in [-0.2, 0) is 21.3 Å². The van der Waals surface area contributed by atoms with Crippen LogP contribution in [0.2, 0.25) is 0 Å². The van der Waals surface area contributed by atoms with Crippen molar-refractivity contribution in [2.45, 2.75) is 16.6 Å². The molecule has 26 heavy (non-hydrogen) atoms. The summed E-state index contributed by atoms with van der Waals surface area (Å²) in [6.45, 7) is 0. The van der Waals surface area contributed by atoms with Crippen LogP contribution in [0, 0.1) is 0 Å². The number of carbonyl (C=O) groups is 2. The standard InChI is InChI=1S/C17H15NO6S2/c1-23-14-9-11(10-15-16(19)18-17(20)25-15)7-8-13(14)24-26(21,22)12-5-3-2-4-6-12/h2-9,15H,10H2,1H3,(H,18,19,20). The van der Waals surface area contributed by atoms with Gasteiger partial charge in [0.15, 0.2) is 11.5 Å². The van der Waals surface area contributed by atoms with Crippen molar-refractivity contribution in [1.29, 1.82) is 0 Å². The summed E-state index contributed by atoms with van der Waals surface area (Å²) in [6, 6.07) is 12.5. The number of carbonyl (C=O) groups excluding carboxylic acids is 2. The van der Waals surface area contributed by atoms with Crippen LogP contribution in [0.15, 0.2) is 53.4 Å². The van der Waals surface area contributed by atoms with Gasteiger partial charge in [-0.2, -0.15) is 8.42 Å². The van der Waals surface area contributed by atoms with E-state index in [-0.39, 0.29) is 27.5 Å². The number of nitrogens with one attached hydrogen (secondary N) is 1. The van der Waals surface area contributed by atoms with Crippen LogP contribution in [0.5, 0.6) is 11.5 Å². The summed E-state index contributed by atoms with van der Waals surface area (Å²) in [6.07, 6.45) is 0.310. The second-order valence-electron chi connectivity index (χ2n) is 5.42. The first kappa shape index (κ1) is 18.3. The molecule has 136 valence electrons. The third kappa shape index (κ3) is 4.00. The van der Waals surface area contributed by atoms with Gasteiger partial charge in [-0.25, -0.2) is 0 Å². The highest BCUT2D eigenvalue weighted by Gasteiger charge is 2.31. The van der Waals surface area contributed by atoms with E-state index < -0.39 is 15.4 Å². The Morgan fingerprint density at radius 2 is 1.81 bits per heavy atom. The molecule has 1 saturated heterocycles. The van der Waals surface area contributed by atoms with Gasteiger partial charge in [-0.15, -0.1) is 0 Å². The fourth-order valence-corrected chi connectivity index (χ4v) is 4.22. The minimum absolute atomic E-state index is 0.0312. The number of rotatable bonds is 6. The second-order valence-corrected chi connectivity index (χ2v) is 8.14. The maximum absolute atomic E-state index is 12.3. The van der Waals surface area contributed by atoms with E-state index >= 15 is 0 Å². The number of hydrogen-bond donors (Lipinski definition) is 1. The lowest BCUT2D eigenvalue weighted by Gasteiger charge is -2.13. The van der Waals surface area contributed by atoms with Crippen LogP contribution in [0.3, 0.4) is 0 Å². The van der Waals surface area contributed by atoms with Crippen LogP contribution in [0.25, 0.3) is 0 Å². The number of amides is 2. The Morgan fingerprint density at radius 3 is 2.42 bits per heavy atom. The molecule has 1 N–H and O–H groups in total. The maximum atomic E-state index is 12.3. The number of imide groups is 1. The quantitative estimate of drug-likeness (QED) is 0.752. The summed E-state index contributed by atoms with van der Waals surface area (Å²) >= 11 is 0.926. The van der Waals surface area contributed by atoms with Gasteiger partial charge in [0.1, 0.15) is 4.90 Å². The van der Waals surface area contributed by atoms with Crippen molar-refractivity contribution < 1.29 is 26.9 Å². The molecule has 9 heteroatoms. The Balaban J connectivity index is 1.81. The number of methoxy groups -OCH3 is 1. The molecule has 0 aliphatic carbocycles. The smallest absolute Gasteiger partial charge is 0.339 e. The molecule has 0 spiro atoms. The lowest BCUT2D eigenvalue weighted by Crippen LogP contribution is -2.25. The van der Waals surface area contributed by atoms with Gasteiger partial charge in [-0.3, -0.25) is 14.9 Å². The first-order valence-electron chi connectivity index (χ1n) is 7.57. The molecule has 0 radical (unpaired) electrons. The van der Waals surface area contributed by atoms with Crippen molar-refractivity contribution in [3.8, 4) is 11.5 Å². The highest BCUT2D eigenvalue weighted by Crippen LogP contribution is 2.32. The third-order valence-corrected chi connectivity index (χ3v) is 5.88. The first-order chi connectivity index (χ1) is 12.4. The van der Waals surface area contributed by atoms with Crippen molar-refractivity contribution in [1.82, 2.24) is 5.32 Å². The van der Waals surface area contributed by atoms with Crippen molar-refractivity contribution >= 4 is 33.0 Å². The lowest BCUT2D eigenvalue weighted by molar-refractivity contribution is -0.118. The first-order valence-corrected chi connectivity index (χ1v) is 9.86. The topological polar surface area (TPSA) is 98.8 Å². The van der Waals surface area contributed by atoms with Crippen molar-refractivity contribution in [3.05, 3.63) is 54.1 Å². The highest BCUT2D eigenvalue weighted by atomic mass is 32.2. The van der Waals surface area contributed by atoms with E-state index in [1.54, 1.807) is 30.3 Å². The van der Waals surface area contributed by atoms with Gasteiger partial charge < -0.3 is 8.92 Å². The van der Waals surface area contributed by atoms with E-state index in [1.807, 2.05) is 0 Å². The minimum Gasteiger partial charge on any atom is -0.493 e. The monoisotopic (exact) mass is 393 g/mol. The van der Waals surface area contributed by atoms with Crippen LogP contribution >= 0.6 is 11.8 Å². The van der Waals surface area contributed by atoms with Crippen LogP contribution < -0.4 is 14.2 Å². The van der Waals surface area contributed by atoms with E-state index in [4.69, 9.17) is 8.92 Å². The Kier molecular flexibility index (Phi) is 5.19. The Hall–Kier alpha value is -2.52. The van der Waals surface area contributed by atoms with Gasteiger partial charge in [0.05, 0.1) is 12.4 Å².